The highest BCUT2D eigenvalue weighted by Gasteiger charge is 2.03. The van der Waals surface area contributed by atoms with E-state index in [4.69, 9.17) is 4.74 Å². The number of benzene rings is 1. The molecule has 1 aromatic carbocycles. The largest absolute Gasteiger partial charge is 0.380 e. The van der Waals surface area contributed by atoms with E-state index in [-0.39, 0.29) is 4.87 Å². The van der Waals surface area contributed by atoms with E-state index in [1.54, 1.807) is 17.1 Å². The van der Waals surface area contributed by atoms with Crippen LogP contribution in [0.2, 0.25) is 0 Å². The number of aromatic nitrogens is 1. The number of thiazole rings is 1. The average Bonchev–Trinajstić information content (AvgIpc) is 2.68. The van der Waals surface area contributed by atoms with E-state index in [1.165, 1.54) is 11.3 Å². The Morgan fingerprint density at radius 1 is 1.31 bits per heavy atom. The zero-order valence-electron chi connectivity index (χ0n) is 9.05. The average molecular weight is 235 g/mol. The molecule has 0 bridgehead atoms. The van der Waals surface area contributed by atoms with Crippen molar-refractivity contribution < 1.29 is 4.74 Å². The molecule has 1 aromatic heterocycles. The van der Waals surface area contributed by atoms with Gasteiger partial charge in [-0.1, -0.05) is 35.6 Å². The second-order valence-electron chi connectivity index (χ2n) is 3.50. The van der Waals surface area contributed by atoms with Crippen molar-refractivity contribution in [3.8, 4) is 0 Å². The molecule has 0 N–H and O–H groups in total. The van der Waals surface area contributed by atoms with E-state index in [0.29, 0.717) is 13.2 Å². The molecule has 0 aliphatic rings. The van der Waals surface area contributed by atoms with Crippen LogP contribution in [-0.2, 0) is 17.9 Å². The van der Waals surface area contributed by atoms with Crippen LogP contribution < -0.4 is 4.87 Å². The monoisotopic (exact) mass is 235 g/mol. The second kappa shape index (κ2) is 5.09. The van der Waals surface area contributed by atoms with Crippen molar-refractivity contribution in [3.63, 3.8) is 0 Å². The van der Waals surface area contributed by atoms with Crippen LogP contribution in [0.4, 0.5) is 0 Å². The van der Waals surface area contributed by atoms with Gasteiger partial charge in [0, 0.05) is 18.7 Å². The Hall–Kier alpha value is -1.39. The second-order valence-corrected chi connectivity index (χ2v) is 4.36. The van der Waals surface area contributed by atoms with Crippen LogP contribution in [0, 0.1) is 0 Å². The normalized spacial score (nSPS) is 10.6. The molecule has 2 rings (SSSR count). The van der Waals surface area contributed by atoms with Crippen molar-refractivity contribution in [1.29, 1.82) is 0 Å². The minimum atomic E-state index is 0.0761. The summed E-state index contributed by atoms with van der Waals surface area (Å²) in [6, 6.07) is 8.01. The first kappa shape index (κ1) is 11.1. The number of hydrogen-bond donors (Lipinski definition) is 0. The molecule has 0 spiro atoms. The fraction of sp³-hybridized carbons (Fsp3) is 0.250. The molecule has 0 amide bonds. The lowest BCUT2D eigenvalue weighted by Gasteiger charge is -2.08. The molecule has 0 unspecified atom stereocenters. The third-order valence-electron chi connectivity index (χ3n) is 2.40. The van der Waals surface area contributed by atoms with Crippen LogP contribution in [0.5, 0.6) is 0 Å². The maximum Gasteiger partial charge on any atom is 0.307 e. The predicted molar refractivity (Wildman–Crippen MR) is 64.8 cm³/mol. The SMILES string of the molecule is COCc1ccccc1Cn1ccsc1=O. The van der Waals surface area contributed by atoms with Crippen LogP contribution in [-0.4, -0.2) is 11.7 Å². The van der Waals surface area contributed by atoms with E-state index < -0.39 is 0 Å². The molecule has 4 heteroatoms. The summed E-state index contributed by atoms with van der Waals surface area (Å²) < 4.78 is 6.84. The molecule has 0 fully saturated rings. The first-order valence-electron chi connectivity index (χ1n) is 5.01. The number of methoxy groups -OCH3 is 1. The van der Waals surface area contributed by atoms with Gasteiger partial charge in [0.15, 0.2) is 0 Å². The highest BCUT2D eigenvalue weighted by molar-refractivity contribution is 7.07. The van der Waals surface area contributed by atoms with Crippen LogP contribution in [0.25, 0.3) is 0 Å². The molecule has 0 radical (unpaired) electrons. The molecular weight excluding hydrogens is 222 g/mol. The zero-order valence-corrected chi connectivity index (χ0v) is 9.87. The summed E-state index contributed by atoms with van der Waals surface area (Å²) in [5.74, 6) is 0. The minimum absolute atomic E-state index is 0.0761. The molecule has 0 saturated carbocycles. The third-order valence-corrected chi connectivity index (χ3v) is 3.10. The molecule has 1 heterocycles. The zero-order chi connectivity index (χ0) is 11.4. The summed E-state index contributed by atoms with van der Waals surface area (Å²) in [4.78, 5) is 11.5. The van der Waals surface area contributed by atoms with Crippen molar-refractivity contribution in [1.82, 2.24) is 4.57 Å². The lowest BCUT2D eigenvalue weighted by Crippen LogP contribution is -2.13. The van der Waals surface area contributed by atoms with Crippen molar-refractivity contribution in [2.75, 3.05) is 7.11 Å². The third kappa shape index (κ3) is 2.40. The Morgan fingerprint density at radius 2 is 2.06 bits per heavy atom. The fourth-order valence-corrected chi connectivity index (χ4v) is 2.18. The van der Waals surface area contributed by atoms with Crippen molar-refractivity contribution in [3.05, 3.63) is 56.6 Å². The van der Waals surface area contributed by atoms with Gasteiger partial charge in [-0.15, -0.1) is 0 Å². The summed E-state index contributed by atoms with van der Waals surface area (Å²) in [5, 5.41) is 1.81. The lowest BCUT2D eigenvalue weighted by atomic mass is 10.1. The van der Waals surface area contributed by atoms with Gasteiger partial charge >= 0.3 is 4.87 Å². The van der Waals surface area contributed by atoms with Gasteiger partial charge in [-0.2, -0.15) is 0 Å². The van der Waals surface area contributed by atoms with Gasteiger partial charge in [-0.25, -0.2) is 0 Å². The highest BCUT2D eigenvalue weighted by Crippen LogP contribution is 2.11. The smallest absolute Gasteiger partial charge is 0.307 e. The Labute approximate surface area is 97.9 Å². The van der Waals surface area contributed by atoms with E-state index in [2.05, 4.69) is 0 Å². The Balaban J connectivity index is 2.27. The molecule has 0 aliphatic carbocycles. The van der Waals surface area contributed by atoms with Crippen LogP contribution in [0.15, 0.2) is 40.6 Å². The van der Waals surface area contributed by atoms with Crippen molar-refractivity contribution >= 4 is 11.3 Å². The summed E-state index contributed by atoms with van der Waals surface area (Å²) in [5.41, 5.74) is 2.26. The summed E-state index contributed by atoms with van der Waals surface area (Å²) in [6.07, 6.45) is 1.82. The fourth-order valence-electron chi connectivity index (χ4n) is 1.60. The van der Waals surface area contributed by atoms with Gasteiger partial charge in [0.05, 0.1) is 13.2 Å². The molecule has 0 atom stereocenters. The van der Waals surface area contributed by atoms with E-state index in [9.17, 15) is 4.79 Å². The van der Waals surface area contributed by atoms with E-state index in [0.717, 1.165) is 11.1 Å². The molecule has 16 heavy (non-hydrogen) atoms. The number of ether oxygens (including phenoxy) is 1. The van der Waals surface area contributed by atoms with Crippen molar-refractivity contribution in [2.24, 2.45) is 0 Å². The molecule has 2 aromatic rings. The molecule has 3 nitrogen and oxygen atoms in total. The molecule has 84 valence electrons. The van der Waals surface area contributed by atoms with Gasteiger partial charge in [0.25, 0.3) is 0 Å². The molecule has 0 saturated heterocycles. The first-order chi connectivity index (χ1) is 7.81. The van der Waals surface area contributed by atoms with Gasteiger partial charge in [0.2, 0.25) is 0 Å². The lowest BCUT2D eigenvalue weighted by molar-refractivity contribution is 0.184. The topological polar surface area (TPSA) is 31.2 Å². The van der Waals surface area contributed by atoms with Gasteiger partial charge in [-0.3, -0.25) is 4.79 Å². The van der Waals surface area contributed by atoms with E-state index >= 15 is 0 Å². The Bertz CT molecular complexity index is 515. The van der Waals surface area contributed by atoms with Crippen LogP contribution in [0.1, 0.15) is 11.1 Å². The number of rotatable bonds is 4. The van der Waals surface area contributed by atoms with Crippen molar-refractivity contribution in [2.45, 2.75) is 13.2 Å². The van der Waals surface area contributed by atoms with Gasteiger partial charge in [-0.05, 0) is 11.1 Å². The summed E-state index contributed by atoms with van der Waals surface area (Å²) in [7, 11) is 1.67. The standard InChI is InChI=1S/C12H13NO2S/c1-15-9-11-5-3-2-4-10(11)8-13-6-7-16-12(13)14/h2-7H,8-9H2,1H3. The first-order valence-corrected chi connectivity index (χ1v) is 5.89. The van der Waals surface area contributed by atoms with E-state index in [1.807, 2.05) is 30.5 Å². The summed E-state index contributed by atoms with van der Waals surface area (Å²) >= 11 is 1.22. The maximum atomic E-state index is 11.4. The summed E-state index contributed by atoms with van der Waals surface area (Å²) in [6.45, 7) is 1.19. The molecule has 0 aliphatic heterocycles. The Morgan fingerprint density at radius 3 is 2.69 bits per heavy atom. The predicted octanol–water partition coefficient (Wildman–Crippen LogP) is 2.10. The Kier molecular flexibility index (Phi) is 3.54. The maximum absolute atomic E-state index is 11.4. The molecular formula is C12H13NO2S. The number of hydrogen-bond acceptors (Lipinski definition) is 3. The quantitative estimate of drug-likeness (QED) is 0.812. The van der Waals surface area contributed by atoms with Gasteiger partial charge in [0.1, 0.15) is 0 Å². The number of nitrogens with zero attached hydrogens (tertiary/aromatic N) is 1. The van der Waals surface area contributed by atoms with Crippen LogP contribution >= 0.6 is 11.3 Å². The minimum Gasteiger partial charge on any atom is -0.380 e. The highest BCUT2D eigenvalue weighted by atomic mass is 32.1. The van der Waals surface area contributed by atoms with Crippen LogP contribution in [0.3, 0.4) is 0 Å². The van der Waals surface area contributed by atoms with Gasteiger partial charge < -0.3 is 9.30 Å².